The van der Waals surface area contributed by atoms with Crippen LogP contribution in [0.25, 0.3) is 22.6 Å². The van der Waals surface area contributed by atoms with Gasteiger partial charge in [0.1, 0.15) is 11.4 Å². The predicted octanol–water partition coefficient (Wildman–Crippen LogP) is 5.02. The van der Waals surface area contributed by atoms with E-state index in [0.717, 1.165) is 5.56 Å². The lowest BCUT2D eigenvalue weighted by Crippen LogP contribution is -1.80. The summed E-state index contributed by atoms with van der Waals surface area (Å²) in [5.41, 5.74) is 1.82. The largest absolute Gasteiger partial charge is 0.506 e. The summed E-state index contributed by atoms with van der Waals surface area (Å²) in [6, 6.07) is 14.4. The molecule has 0 spiro atoms. The lowest BCUT2D eigenvalue weighted by atomic mass is 10.1. The van der Waals surface area contributed by atoms with E-state index in [0.29, 0.717) is 22.0 Å². The molecule has 0 unspecified atom stereocenters. The number of phenolic OH excluding ortho intramolecular Hbond substituents is 1. The van der Waals surface area contributed by atoms with Crippen LogP contribution in [0.15, 0.2) is 53.1 Å². The second kappa shape index (κ2) is 5.19. The molecule has 2 aromatic carbocycles. The summed E-state index contributed by atoms with van der Waals surface area (Å²) in [6.45, 7) is 0. The van der Waals surface area contributed by atoms with Crippen LogP contribution in [0.5, 0.6) is 5.75 Å². The molecule has 0 aliphatic heterocycles. The maximum Gasteiger partial charge on any atom is 0.167 e. The molecule has 3 rings (SSSR count). The number of aromatic nitrogens is 1. The number of phenols is 1. The fourth-order valence-electron chi connectivity index (χ4n) is 1.90. The van der Waals surface area contributed by atoms with Crippen molar-refractivity contribution in [3.63, 3.8) is 0 Å². The van der Waals surface area contributed by atoms with Crippen LogP contribution < -0.4 is 0 Å². The van der Waals surface area contributed by atoms with Crippen LogP contribution in [0.3, 0.4) is 0 Å². The van der Waals surface area contributed by atoms with Gasteiger partial charge in [-0.05, 0) is 12.1 Å². The first-order chi connectivity index (χ1) is 9.65. The van der Waals surface area contributed by atoms with Gasteiger partial charge in [-0.1, -0.05) is 58.7 Å². The number of rotatable bonds is 2. The van der Waals surface area contributed by atoms with Crippen molar-refractivity contribution < 1.29 is 9.63 Å². The van der Waals surface area contributed by atoms with Crippen molar-refractivity contribution in [1.82, 2.24) is 5.16 Å². The molecule has 0 fully saturated rings. The first-order valence-corrected chi connectivity index (χ1v) is 6.61. The zero-order valence-electron chi connectivity index (χ0n) is 10.2. The Kier molecular flexibility index (Phi) is 3.38. The van der Waals surface area contributed by atoms with Gasteiger partial charge in [-0.15, -0.1) is 0 Å². The van der Waals surface area contributed by atoms with Crippen LogP contribution in [0, 0.1) is 0 Å². The first-order valence-electron chi connectivity index (χ1n) is 5.85. The van der Waals surface area contributed by atoms with Crippen molar-refractivity contribution in [2.24, 2.45) is 0 Å². The topological polar surface area (TPSA) is 46.3 Å². The molecule has 0 radical (unpaired) electrons. The third-order valence-corrected chi connectivity index (χ3v) is 3.38. The van der Waals surface area contributed by atoms with E-state index in [1.165, 1.54) is 6.07 Å². The smallest absolute Gasteiger partial charge is 0.167 e. The normalized spacial score (nSPS) is 10.7. The fourth-order valence-corrected chi connectivity index (χ4v) is 2.40. The summed E-state index contributed by atoms with van der Waals surface area (Å²) < 4.78 is 5.29. The molecule has 1 heterocycles. The standard InChI is InChI=1S/C15H9Cl2NO2/c16-10-6-11(15(19)12(17)7-10)13-8-14(20-18-13)9-4-2-1-3-5-9/h1-8,19H. The Balaban J connectivity index is 2.07. The second-order valence-electron chi connectivity index (χ2n) is 4.23. The van der Waals surface area contributed by atoms with Gasteiger partial charge in [-0.25, -0.2) is 0 Å². The number of hydrogen-bond acceptors (Lipinski definition) is 3. The van der Waals surface area contributed by atoms with Crippen LogP contribution in [0.2, 0.25) is 10.0 Å². The molecule has 0 atom stereocenters. The average molecular weight is 306 g/mol. The fraction of sp³-hybridized carbons (Fsp3) is 0. The summed E-state index contributed by atoms with van der Waals surface area (Å²) in [5.74, 6) is 0.542. The Morgan fingerprint density at radius 2 is 1.75 bits per heavy atom. The monoisotopic (exact) mass is 305 g/mol. The SMILES string of the molecule is Oc1c(Cl)cc(Cl)cc1-c1cc(-c2ccccc2)on1. The van der Waals surface area contributed by atoms with Crippen LogP contribution in [0.1, 0.15) is 0 Å². The zero-order chi connectivity index (χ0) is 14.1. The molecular weight excluding hydrogens is 297 g/mol. The summed E-state index contributed by atoms with van der Waals surface area (Å²) in [6.07, 6.45) is 0. The Bertz CT molecular complexity index is 754. The lowest BCUT2D eigenvalue weighted by Gasteiger charge is -2.03. The minimum atomic E-state index is -0.0658. The van der Waals surface area contributed by atoms with Crippen molar-refractivity contribution in [1.29, 1.82) is 0 Å². The third kappa shape index (κ3) is 2.38. The molecule has 20 heavy (non-hydrogen) atoms. The van der Waals surface area contributed by atoms with Crippen LogP contribution in [-0.4, -0.2) is 10.3 Å². The van der Waals surface area contributed by atoms with Gasteiger partial charge in [0.05, 0.1) is 5.02 Å². The van der Waals surface area contributed by atoms with E-state index in [1.807, 2.05) is 30.3 Å². The molecule has 0 amide bonds. The van der Waals surface area contributed by atoms with Gasteiger partial charge < -0.3 is 9.63 Å². The van der Waals surface area contributed by atoms with Gasteiger partial charge in [0.2, 0.25) is 0 Å². The summed E-state index contributed by atoms with van der Waals surface area (Å²) in [7, 11) is 0. The molecular formula is C15H9Cl2NO2. The molecule has 5 heteroatoms. The first kappa shape index (κ1) is 13.0. The van der Waals surface area contributed by atoms with E-state index in [4.69, 9.17) is 27.7 Å². The Morgan fingerprint density at radius 3 is 2.50 bits per heavy atom. The molecule has 3 aromatic rings. The highest BCUT2D eigenvalue weighted by molar-refractivity contribution is 6.36. The third-order valence-electron chi connectivity index (χ3n) is 2.87. The number of halogens is 2. The van der Waals surface area contributed by atoms with Gasteiger partial charge >= 0.3 is 0 Å². The van der Waals surface area contributed by atoms with Gasteiger partial charge in [-0.3, -0.25) is 0 Å². The van der Waals surface area contributed by atoms with Crippen molar-refractivity contribution in [3.8, 4) is 28.3 Å². The van der Waals surface area contributed by atoms with Crippen molar-refractivity contribution >= 4 is 23.2 Å². The van der Waals surface area contributed by atoms with E-state index in [9.17, 15) is 5.11 Å². The van der Waals surface area contributed by atoms with Crippen molar-refractivity contribution in [2.75, 3.05) is 0 Å². The van der Waals surface area contributed by atoms with Gasteiger partial charge in [0.25, 0.3) is 0 Å². The maximum atomic E-state index is 9.98. The molecule has 0 saturated carbocycles. The van der Waals surface area contributed by atoms with E-state index in [1.54, 1.807) is 12.1 Å². The Morgan fingerprint density at radius 1 is 1.00 bits per heavy atom. The average Bonchev–Trinajstić information content (AvgIpc) is 2.93. The lowest BCUT2D eigenvalue weighted by molar-refractivity contribution is 0.433. The molecule has 0 aliphatic rings. The summed E-state index contributed by atoms with van der Waals surface area (Å²) >= 11 is 11.8. The summed E-state index contributed by atoms with van der Waals surface area (Å²) in [5, 5.41) is 14.5. The highest BCUT2D eigenvalue weighted by atomic mass is 35.5. The maximum absolute atomic E-state index is 9.98. The van der Waals surface area contributed by atoms with E-state index < -0.39 is 0 Å². The Labute approximate surface area is 125 Å². The summed E-state index contributed by atoms with van der Waals surface area (Å²) in [4.78, 5) is 0. The zero-order valence-corrected chi connectivity index (χ0v) is 11.7. The number of aromatic hydroxyl groups is 1. The van der Waals surface area contributed by atoms with Gasteiger partial charge in [0.15, 0.2) is 5.76 Å². The second-order valence-corrected chi connectivity index (χ2v) is 5.07. The van der Waals surface area contributed by atoms with E-state index in [2.05, 4.69) is 5.16 Å². The molecule has 0 saturated heterocycles. The van der Waals surface area contributed by atoms with Crippen molar-refractivity contribution in [2.45, 2.75) is 0 Å². The molecule has 3 nitrogen and oxygen atoms in total. The number of hydrogen-bond donors (Lipinski definition) is 1. The quantitative estimate of drug-likeness (QED) is 0.723. The molecule has 0 aliphatic carbocycles. The highest BCUT2D eigenvalue weighted by Crippen LogP contribution is 2.38. The Hall–Kier alpha value is -1.97. The van der Waals surface area contributed by atoms with Gasteiger partial charge in [-0.2, -0.15) is 0 Å². The van der Waals surface area contributed by atoms with Gasteiger partial charge in [0, 0.05) is 22.2 Å². The highest BCUT2D eigenvalue weighted by Gasteiger charge is 2.15. The van der Waals surface area contributed by atoms with Crippen molar-refractivity contribution in [3.05, 3.63) is 58.6 Å². The number of benzene rings is 2. The predicted molar refractivity (Wildman–Crippen MR) is 79.1 cm³/mol. The molecule has 100 valence electrons. The van der Waals surface area contributed by atoms with Crippen LogP contribution >= 0.6 is 23.2 Å². The molecule has 1 N–H and O–H groups in total. The minimum Gasteiger partial charge on any atom is -0.506 e. The molecule has 1 aromatic heterocycles. The van der Waals surface area contributed by atoms with Crippen LogP contribution in [-0.2, 0) is 0 Å². The minimum absolute atomic E-state index is 0.0658. The molecule has 0 bridgehead atoms. The van der Waals surface area contributed by atoms with E-state index >= 15 is 0 Å². The number of nitrogens with zero attached hydrogens (tertiary/aromatic N) is 1. The van der Waals surface area contributed by atoms with E-state index in [-0.39, 0.29) is 10.8 Å². The van der Waals surface area contributed by atoms with Crippen LogP contribution in [0.4, 0.5) is 0 Å².